The lowest BCUT2D eigenvalue weighted by atomic mass is 10.0. The third-order valence-corrected chi connectivity index (χ3v) is 5.31. The third kappa shape index (κ3) is 4.26. The molecule has 1 aromatic rings. The van der Waals surface area contributed by atoms with E-state index >= 15 is 0 Å². The van der Waals surface area contributed by atoms with E-state index in [0.29, 0.717) is 25.1 Å². The maximum absolute atomic E-state index is 12.5. The van der Waals surface area contributed by atoms with Crippen molar-refractivity contribution in [3.63, 3.8) is 0 Å². The molecule has 1 heterocycles. The molecular weight excluding hydrogens is 290 g/mol. The van der Waals surface area contributed by atoms with Crippen LogP contribution in [-0.4, -0.2) is 33.3 Å². The van der Waals surface area contributed by atoms with Gasteiger partial charge >= 0.3 is 0 Å². The van der Waals surface area contributed by atoms with Gasteiger partial charge in [-0.15, -0.1) is 0 Å². The van der Waals surface area contributed by atoms with E-state index in [1.165, 1.54) is 0 Å². The summed E-state index contributed by atoms with van der Waals surface area (Å²) < 4.78 is 33.0. The van der Waals surface area contributed by atoms with E-state index in [0.717, 1.165) is 25.0 Å². The van der Waals surface area contributed by atoms with E-state index in [9.17, 15) is 13.5 Å². The van der Waals surface area contributed by atoms with Crippen LogP contribution in [0.4, 0.5) is 0 Å². The Balaban J connectivity index is 2.14. The zero-order chi connectivity index (χ0) is 15.3. The summed E-state index contributed by atoms with van der Waals surface area (Å²) in [7, 11) is -3.55. The summed E-state index contributed by atoms with van der Waals surface area (Å²) in [4.78, 5) is 0.272. The van der Waals surface area contributed by atoms with E-state index in [-0.39, 0.29) is 17.4 Å². The monoisotopic (exact) mass is 313 g/mol. The van der Waals surface area contributed by atoms with Crippen LogP contribution in [0.25, 0.3) is 0 Å². The lowest BCUT2D eigenvalue weighted by Gasteiger charge is -2.22. The van der Waals surface area contributed by atoms with Crippen LogP contribution in [0.3, 0.4) is 0 Å². The van der Waals surface area contributed by atoms with Gasteiger partial charge in [-0.1, -0.05) is 19.1 Å². The van der Waals surface area contributed by atoms with Crippen LogP contribution in [0.5, 0.6) is 0 Å². The molecule has 118 valence electrons. The molecule has 1 atom stereocenters. The van der Waals surface area contributed by atoms with E-state index in [4.69, 9.17) is 4.74 Å². The van der Waals surface area contributed by atoms with Crippen molar-refractivity contribution in [3.8, 4) is 0 Å². The van der Waals surface area contributed by atoms with Crippen molar-refractivity contribution in [2.75, 3.05) is 19.8 Å². The second-order valence-electron chi connectivity index (χ2n) is 5.39. The Labute approximate surface area is 126 Å². The quantitative estimate of drug-likeness (QED) is 0.833. The molecule has 1 unspecified atom stereocenters. The molecule has 1 aliphatic rings. The van der Waals surface area contributed by atoms with Crippen LogP contribution >= 0.6 is 0 Å². The molecular formula is C15H23NO4S. The third-order valence-electron chi connectivity index (χ3n) is 3.80. The van der Waals surface area contributed by atoms with Crippen molar-refractivity contribution in [1.29, 1.82) is 0 Å². The summed E-state index contributed by atoms with van der Waals surface area (Å²) >= 11 is 0. The van der Waals surface area contributed by atoms with Crippen molar-refractivity contribution in [1.82, 2.24) is 4.72 Å². The van der Waals surface area contributed by atoms with Crippen LogP contribution in [-0.2, 0) is 27.8 Å². The average molecular weight is 313 g/mol. The Hall–Kier alpha value is -0.950. The first-order valence-electron chi connectivity index (χ1n) is 7.37. The Morgan fingerprint density at radius 2 is 2.24 bits per heavy atom. The summed E-state index contributed by atoms with van der Waals surface area (Å²) in [5.41, 5.74) is 1.37. The highest BCUT2D eigenvalue weighted by molar-refractivity contribution is 7.89. The molecule has 21 heavy (non-hydrogen) atoms. The summed E-state index contributed by atoms with van der Waals surface area (Å²) in [6.07, 6.45) is 2.60. The number of hydrogen-bond acceptors (Lipinski definition) is 4. The van der Waals surface area contributed by atoms with Crippen LogP contribution in [0.15, 0.2) is 23.1 Å². The van der Waals surface area contributed by atoms with Gasteiger partial charge in [-0.05, 0) is 42.4 Å². The highest BCUT2D eigenvalue weighted by atomic mass is 32.2. The standard InChI is InChI=1S/C15H23NO4S/c1-2-14-6-5-12(10-17)8-15(14)21(18,19)16-9-13-4-3-7-20-11-13/h5-6,8,13,16-17H,2-4,7,9-11H2,1H3. The van der Waals surface area contributed by atoms with Gasteiger partial charge in [0.25, 0.3) is 0 Å². The number of rotatable bonds is 6. The highest BCUT2D eigenvalue weighted by Crippen LogP contribution is 2.20. The SMILES string of the molecule is CCc1ccc(CO)cc1S(=O)(=O)NCC1CCCOC1. The Bertz CT molecular complexity index is 565. The molecule has 0 amide bonds. The minimum absolute atomic E-state index is 0.164. The Morgan fingerprint density at radius 3 is 2.86 bits per heavy atom. The molecule has 0 spiro atoms. The van der Waals surface area contributed by atoms with Gasteiger partial charge in [0, 0.05) is 13.2 Å². The molecule has 2 rings (SSSR count). The van der Waals surface area contributed by atoms with Crippen molar-refractivity contribution in [3.05, 3.63) is 29.3 Å². The molecule has 0 aromatic heterocycles. The van der Waals surface area contributed by atoms with Crippen LogP contribution in [0.1, 0.15) is 30.9 Å². The highest BCUT2D eigenvalue weighted by Gasteiger charge is 2.21. The second kappa shape index (κ2) is 7.35. The molecule has 1 aromatic carbocycles. The van der Waals surface area contributed by atoms with E-state index in [1.54, 1.807) is 18.2 Å². The van der Waals surface area contributed by atoms with Gasteiger partial charge < -0.3 is 9.84 Å². The summed E-state index contributed by atoms with van der Waals surface area (Å²) in [5, 5.41) is 9.19. The van der Waals surface area contributed by atoms with Crippen LogP contribution in [0.2, 0.25) is 0 Å². The van der Waals surface area contributed by atoms with Crippen molar-refractivity contribution in [2.24, 2.45) is 5.92 Å². The van der Waals surface area contributed by atoms with Crippen LogP contribution < -0.4 is 4.72 Å². The minimum atomic E-state index is -3.55. The molecule has 1 fully saturated rings. The van der Waals surface area contributed by atoms with Gasteiger partial charge in [0.05, 0.1) is 18.1 Å². The zero-order valence-corrected chi connectivity index (χ0v) is 13.2. The average Bonchev–Trinajstić information content (AvgIpc) is 2.53. The van der Waals surface area contributed by atoms with Crippen LogP contribution in [0, 0.1) is 5.92 Å². The molecule has 5 nitrogen and oxygen atoms in total. The van der Waals surface area contributed by atoms with Gasteiger partial charge in [0.2, 0.25) is 10.0 Å². The van der Waals surface area contributed by atoms with Crippen molar-refractivity contribution < 1.29 is 18.3 Å². The second-order valence-corrected chi connectivity index (χ2v) is 7.12. The number of aliphatic hydroxyl groups is 1. The molecule has 1 aliphatic heterocycles. The molecule has 1 saturated heterocycles. The van der Waals surface area contributed by atoms with Crippen molar-refractivity contribution in [2.45, 2.75) is 37.7 Å². The first kappa shape index (κ1) is 16.4. The summed E-state index contributed by atoms with van der Waals surface area (Å²) in [6.45, 7) is 3.53. The lowest BCUT2D eigenvalue weighted by molar-refractivity contribution is 0.0568. The molecule has 2 N–H and O–H groups in total. The number of nitrogens with one attached hydrogen (secondary N) is 1. The number of ether oxygens (including phenoxy) is 1. The predicted molar refractivity (Wildman–Crippen MR) is 80.5 cm³/mol. The molecule has 0 radical (unpaired) electrons. The zero-order valence-electron chi connectivity index (χ0n) is 12.3. The largest absolute Gasteiger partial charge is 0.392 e. The smallest absolute Gasteiger partial charge is 0.240 e. The molecule has 0 saturated carbocycles. The fourth-order valence-corrected chi connectivity index (χ4v) is 3.99. The van der Waals surface area contributed by atoms with Gasteiger partial charge in [0.15, 0.2) is 0 Å². The summed E-state index contributed by atoms with van der Waals surface area (Å²) in [6, 6.07) is 5.08. The number of hydrogen-bond donors (Lipinski definition) is 2. The molecule has 0 aliphatic carbocycles. The number of aryl methyl sites for hydroxylation is 1. The first-order chi connectivity index (χ1) is 10.1. The van der Waals surface area contributed by atoms with Gasteiger partial charge in [0.1, 0.15) is 0 Å². The maximum atomic E-state index is 12.5. The number of benzene rings is 1. The van der Waals surface area contributed by atoms with Gasteiger partial charge in [-0.3, -0.25) is 0 Å². The number of aliphatic hydroxyl groups excluding tert-OH is 1. The summed E-state index contributed by atoms with van der Waals surface area (Å²) in [5.74, 6) is 0.236. The minimum Gasteiger partial charge on any atom is -0.392 e. The fourth-order valence-electron chi connectivity index (χ4n) is 2.51. The maximum Gasteiger partial charge on any atom is 0.240 e. The fraction of sp³-hybridized carbons (Fsp3) is 0.600. The lowest BCUT2D eigenvalue weighted by Crippen LogP contribution is -2.33. The van der Waals surface area contributed by atoms with Crippen molar-refractivity contribution >= 4 is 10.0 Å². The first-order valence-corrected chi connectivity index (χ1v) is 8.85. The van der Waals surface area contributed by atoms with E-state index < -0.39 is 10.0 Å². The number of sulfonamides is 1. The molecule has 0 bridgehead atoms. The molecule has 6 heteroatoms. The Kier molecular flexibility index (Phi) is 5.75. The predicted octanol–water partition coefficient (Wildman–Crippen LogP) is 1.45. The Morgan fingerprint density at radius 1 is 1.43 bits per heavy atom. The van der Waals surface area contributed by atoms with Gasteiger partial charge in [-0.2, -0.15) is 0 Å². The van der Waals surface area contributed by atoms with E-state index in [1.807, 2.05) is 6.92 Å². The topological polar surface area (TPSA) is 75.6 Å². The normalized spacial score (nSPS) is 19.6. The van der Waals surface area contributed by atoms with Gasteiger partial charge in [-0.25, -0.2) is 13.1 Å². The van der Waals surface area contributed by atoms with E-state index in [2.05, 4.69) is 4.72 Å².